The topological polar surface area (TPSA) is 55.8 Å². The first-order valence-electron chi connectivity index (χ1n) is 7.85. The number of hydrogen-bond acceptors (Lipinski definition) is 4. The Morgan fingerprint density at radius 3 is 1.80 bits per heavy atom. The molecule has 1 N–H and O–H groups in total. The number of rotatable bonds is 15. The maximum atomic E-state index is 11.3. The zero-order chi connectivity index (χ0) is 15.1. The summed E-state index contributed by atoms with van der Waals surface area (Å²) in [5, 5.41) is 0. The van der Waals surface area contributed by atoms with Gasteiger partial charge in [0.25, 0.3) is 0 Å². The number of unbranched alkanes of at least 4 members (excludes halogenated alkanes) is 9. The lowest BCUT2D eigenvalue weighted by molar-refractivity contribution is 0.154. The predicted octanol–water partition coefficient (Wildman–Crippen LogP) is 4.97. The average molecular weight is 326 g/mol. The molecule has 1 unspecified atom stereocenters. The molecular weight excluding hydrogens is 295 g/mol. The summed E-state index contributed by atoms with van der Waals surface area (Å²) >= 11 is 3.90. The van der Waals surface area contributed by atoms with Crippen LogP contribution in [0.1, 0.15) is 71.1 Å². The number of phosphoric acid groups is 1. The maximum Gasteiger partial charge on any atom is 0.472 e. The van der Waals surface area contributed by atoms with Gasteiger partial charge >= 0.3 is 7.82 Å². The normalized spacial score (nSPS) is 14.3. The van der Waals surface area contributed by atoms with Crippen molar-refractivity contribution in [3.8, 4) is 0 Å². The zero-order valence-electron chi connectivity index (χ0n) is 12.8. The number of phosphoric ester groups is 1. The van der Waals surface area contributed by atoms with Crippen molar-refractivity contribution in [3.63, 3.8) is 0 Å². The summed E-state index contributed by atoms with van der Waals surface area (Å²) in [6, 6.07) is 0. The van der Waals surface area contributed by atoms with Gasteiger partial charge in [0.1, 0.15) is 0 Å². The van der Waals surface area contributed by atoms with E-state index < -0.39 is 7.82 Å². The Labute approximate surface area is 129 Å². The van der Waals surface area contributed by atoms with Crippen LogP contribution < -0.4 is 0 Å². The summed E-state index contributed by atoms with van der Waals surface area (Å²) in [7, 11) is -3.84. The molecule has 0 spiro atoms. The number of hydrogen-bond donors (Lipinski definition) is 2. The van der Waals surface area contributed by atoms with Crippen LogP contribution in [-0.2, 0) is 13.6 Å². The van der Waals surface area contributed by atoms with Crippen molar-refractivity contribution >= 4 is 20.5 Å². The van der Waals surface area contributed by atoms with Crippen LogP contribution in [0.25, 0.3) is 0 Å². The predicted molar refractivity (Wildman–Crippen MR) is 87.4 cm³/mol. The highest BCUT2D eigenvalue weighted by molar-refractivity contribution is 7.80. The molecule has 0 amide bonds. The van der Waals surface area contributed by atoms with Crippen molar-refractivity contribution < 1.29 is 18.5 Å². The van der Waals surface area contributed by atoms with E-state index in [1.165, 1.54) is 51.4 Å². The molecule has 0 aromatic carbocycles. The summed E-state index contributed by atoms with van der Waals surface area (Å²) in [6.07, 6.45) is 12.3. The van der Waals surface area contributed by atoms with E-state index >= 15 is 0 Å². The largest absolute Gasteiger partial charge is 0.472 e. The van der Waals surface area contributed by atoms with Gasteiger partial charge in [-0.3, -0.25) is 9.05 Å². The van der Waals surface area contributed by atoms with E-state index in [2.05, 4.69) is 24.1 Å². The first kappa shape index (κ1) is 20.5. The van der Waals surface area contributed by atoms with Gasteiger partial charge in [-0.2, -0.15) is 12.6 Å². The first-order valence-corrected chi connectivity index (χ1v) is 9.98. The van der Waals surface area contributed by atoms with E-state index in [9.17, 15) is 9.46 Å². The van der Waals surface area contributed by atoms with E-state index in [1.807, 2.05) is 0 Å². The Hall–Kier alpha value is 0.460. The van der Waals surface area contributed by atoms with Crippen molar-refractivity contribution in [2.45, 2.75) is 71.1 Å². The lowest BCUT2D eigenvalue weighted by Crippen LogP contribution is -1.99. The van der Waals surface area contributed by atoms with Crippen LogP contribution in [0.15, 0.2) is 0 Å². The minimum atomic E-state index is -3.84. The van der Waals surface area contributed by atoms with Gasteiger partial charge in [-0.1, -0.05) is 64.7 Å². The SMILES string of the molecule is CCCCCCCCCCCCOP(=O)(O)OCCS. The summed E-state index contributed by atoms with van der Waals surface area (Å²) in [4.78, 5) is 9.27. The van der Waals surface area contributed by atoms with Crippen LogP contribution in [0, 0.1) is 0 Å². The van der Waals surface area contributed by atoms with Crippen molar-refractivity contribution in [2.24, 2.45) is 0 Å². The van der Waals surface area contributed by atoms with Crippen LogP contribution in [-0.4, -0.2) is 23.9 Å². The third-order valence-electron chi connectivity index (χ3n) is 3.10. The van der Waals surface area contributed by atoms with Crippen LogP contribution in [0.5, 0.6) is 0 Å². The highest BCUT2D eigenvalue weighted by atomic mass is 32.1. The molecule has 0 rings (SSSR count). The molecule has 0 bridgehead atoms. The van der Waals surface area contributed by atoms with Crippen molar-refractivity contribution in [2.75, 3.05) is 19.0 Å². The fourth-order valence-corrected chi connectivity index (χ4v) is 2.95. The molecule has 0 saturated carbocycles. The Morgan fingerprint density at radius 2 is 1.30 bits per heavy atom. The molecule has 20 heavy (non-hydrogen) atoms. The third kappa shape index (κ3) is 14.9. The molecule has 122 valence electrons. The van der Waals surface area contributed by atoms with E-state index in [0.29, 0.717) is 5.75 Å². The monoisotopic (exact) mass is 326 g/mol. The van der Waals surface area contributed by atoms with Crippen LogP contribution in [0.3, 0.4) is 0 Å². The van der Waals surface area contributed by atoms with Gasteiger partial charge in [0.2, 0.25) is 0 Å². The van der Waals surface area contributed by atoms with Crippen LogP contribution >= 0.6 is 20.5 Å². The Bertz CT molecular complexity index is 251. The van der Waals surface area contributed by atoms with Crippen LogP contribution in [0.2, 0.25) is 0 Å². The minimum Gasteiger partial charge on any atom is -0.302 e. The minimum absolute atomic E-state index is 0.134. The first-order chi connectivity index (χ1) is 9.62. The lowest BCUT2D eigenvalue weighted by atomic mass is 10.1. The fraction of sp³-hybridized carbons (Fsp3) is 1.00. The second kappa shape index (κ2) is 14.4. The maximum absolute atomic E-state index is 11.3. The average Bonchev–Trinajstić information content (AvgIpc) is 2.42. The Morgan fingerprint density at radius 1 is 0.850 bits per heavy atom. The fourth-order valence-electron chi connectivity index (χ4n) is 1.96. The molecule has 0 heterocycles. The molecule has 0 aromatic rings. The van der Waals surface area contributed by atoms with Crippen molar-refractivity contribution in [1.29, 1.82) is 0 Å². The second-order valence-electron chi connectivity index (χ2n) is 5.04. The molecule has 0 aliphatic rings. The van der Waals surface area contributed by atoms with Gasteiger partial charge in [-0.15, -0.1) is 0 Å². The molecule has 0 radical (unpaired) electrons. The second-order valence-corrected chi connectivity index (χ2v) is 6.94. The summed E-state index contributed by atoms with van der Waals surface area (Å²) in [5.74, 6) is 0.409. The highest BCUT2D eigenvalue weighted by Crippen LogP contribution is 2.43. The molecule has 6 heteroatoms. The molecule has 1 atom stereocenters. The van der Waals surface area contributed by atoms with Gasteiger partial charge < -0.3 is 4.89 Å². The third-order valence-corrected chi connectivity index (χ3v) is 4.30. The molecule has 4 nitrogen and oxygen atoms in total. The summed E-state index contributed by atoms with van der Waals surface area (Å²) in [5.41, 5.74) is 0. The van der Waals surface area contributed by atoms with E-state index in [4.69, 9.17) is 4.52 Å². The smallest absolute Gasteiger partial charge is 0.302 e. The standard InChI is InChI=1S/C14H31O4PS/c1-2-3-4-5-6-7-8-9-10-11-12-17-19(15,16)18-13-14-20/h20H,2-14H2,1H3,(H,15,16). The van der Waals surface area contributed by atoms with E-state index in [0.717, 1.165) is 12.8 Å². The highest BCUT2D eigenvalue weighted by Gasteiger charge is 2.19. The molecule has 0 fully saturated rings. The molecule has 0 aromatic heterocycles. The van der Waals surface area contributed by atoms with Gasteiger partial charge in [0.15, 0.2) is 0 Å². The molecule has 0 aliphatic carbocycles. The zero-order valence-corrected chi connectivity index (χ0v) is 14.5. The van der Waals surface area contributed by atoms with Crippen molar-refractivity contribution in [3.05, 3.63) is 0 Å². The quantitative estimate of drug-likeness (QED) is 0.253. The Balaban J connectivity index is 3.22. The summed E-state index contributed by atoms with van der Waals surface area (Å²) < 4.78 is 20.9. The van der Waals surface area contributed by atoms with Gasteiger partial charge in [-0.05, 0) is 6.42 Å². The van der Waals surface area contributed by atoms with Gasteiger partial charge in [0, 0.05) is 5.75 Å². The Kier molecular flexibility index (Phi) is 14.7. The van der Waals surface area contributed by atoms with Gasteiger partial charge in [0.05, 0.1) is 13.2 Å². The number of thiol groups is 1. The van der Waals surface area contributed by atoms with Crippen LogP contribution in [0.4, 0.5) is 0 Å². The van der Waals surface area contributed by atoms with Gasteiger partial charge in [-0.25, -0.2) is 4.57 Å². The summed E-state index contributed by atoms with van der Waals surface area (Å²) in [6.45, 7) is 2.66. The van der Waals surface area contributed by atoms with E-state index in [-0.39, 0.29) is 13.2 Å². The molecular formula is C14H31O4PS. The lowest BCUT2D eigenvalue weighted by Gasteiger charge is -2.11. The molecule has 0 aliphatic heterocycles. The van der Waals surface area contributed by atoms with E-state index in [1.54, 1.807) is 0 Å². The van der Waals surface area contributed by atoms with Crippen molar-refractivity contribution in [1.82, 2.24) is 0 Å². The molecule has 0 saturated heterocycles.